The Balaban J connectivity index is 1.36. The molecule has 0 aliphatic carbocycles. The fraction of sp³-hybridized carbons (Fsp3) is 0.227. The molecule has 0 spiro atoms. The van der Waals surface area contributed by atoms with Crippen LogP contribution in [0.5, 0.6) is 5.75 Å². The Morgan fingerprint density at radius 2 is 1.65 bits per heavy atom. The normalized spacial score (nSPS) is 13.8. The first-order valence-corrected chi connectivity index (χ1v) is 9.05. The second-order valence-corrected chi connectivity index (χ2v) is 6.56. The summed E-state index contributed by atoms with van der Waals surface area (Å²) in [6, 6.07) is 21.9. The lowest BCUT2D eigenvalue weighted by Crippen LogP contribution is -2.20. The fourth-order valence-corrected chi connectivity index (χ4v) is 3.39. The van der Waals surface area contributed by atoms with E-state index in [-0.39, 0.29) is 12.5 Å². The molecule has 0 aromatic heterocycles. The van der Waals surface area contributed by atoms with Gasteiger partial charge in [-0.05, 0) is 48.6 Å². The first-order valence-electron chi connectivity index (χ1n) is 9.05. The molecular weight excluding hydrogens is 324 g/mol. The van der Waals surface area contributed by atoms with Crippen molar-refractivity contribution in [3.05, 3.63) is 66.7 Å². The molecule has 0 atom stereocenters. The molecule has 132 valence electrons. The number of carbonyl (C=O) groups is 1. The Bertz CT molecular complexity index is 894. The molecule has 0 radical (unpaired) electrons. The van der Waals surface area contributed by atoms with E-state index in [2.05, 4.69) is 22.3 Å². The molecule has 4 nitrogen and oxygen atoms in total. The van der Waals surface area contributed by atoms with Crippen LogP contribution in [0.3, 0.4) is 0 Å². The number of benzene rings is 3. The number of anilines is 2. The van der Waals surface area contributed by atoms with E-state index in [4.69, 9.17) is 4.74 Å². The molecule has 3 aromatic carbocycles. The highest BCUT2D eigenvalue weighted by Gasteiger charge is 2.12. The zero-order valence-corrected chi connectivity index (χ0v) is 14.7. The van der Waals surface area contributed by atoms with E-state index < -0.39 is 0 Å². The van der Waals surface area contributed by atoms with Crippen molar-refractivity contribution in [3.8, 4) is 5.75 Å². The number of rotatable bonds is 5. The van der Waals surface area contributed by atoms with Gasteiger partial charge in [-0.15, -0.1) is 0 Å². The molecule has 1 amide bonds. The average molecular weight is 346 g/mol. The smallest absolute Gasteiger partial charge is 0.262 e. The molecule has 26 heavy (non-hydrogen) atoms. The van der Waals surface area contributed by atoms with Crippen LogP contribution in [0.1, 0.15) is 12.8 Å². The molecule has 1 aliphatic rings. The standard InChI is InChI=1S/C22H22N2O2/c25-22(16-26-21-9-5-7-17-6-1-2-8-20(17)21)23-18-10-12-19(13-11-18)24-14-3-4-15-24/h1-2,5-13H,3-4,14-16H2,(H,23,25). The topological polar surface area (TPSA) is 41.6 Å². The Morgan fingerprint density at radius 3 is 2.46 bits per heavy atom. The van der Waals surface area contributed by atoms with Crippen LogP contribution in [0.25, 0.3) is 10.8 Å². The minimum Gasteiger partial charge on any atom is -0.483 e. The third-order valence-electron chi connectivity index (χ3n) is 4.73. The van der Waals surface area contributed by atoms with Gasteiger partial charge in [0.05, 0.1) is 0 Å². The van der Waals surface area contributed by atoms with Crippen LogP contribution >= 0.6 is 0 Å². The summed E-state index contributed by atoms with van der Waals surface area (Å²) >= 11 is 0. The number of hydrogen-bond acceptors (Lipinski definition) is 3. The number of nitrogens with zero attached hydrogens (tertiary/aromatic N) is 1. The van der Waals surface area contributed by atoms with Crippen molar-refractivity contribution in [2.75, 3.05) is 29.9 Å². The predicted octanol–water partition coefficient (Wildman–Crippen LogP) is 4.46. The summed E-state index contributed by atoms with van der Waals surface area (Å²) in [6.45, 7) is 2.22. The van der Waals surface area contributed by atoms with Gasteiger partial charge in [-0.3, -0.25) is 4.79 Å². The van der Waals surface area contributed by atoms with E-state index in [0.717, 1.165) is 35.3 Å². The van der Waals surface area contributed by atoms with Gasteiger partial charge in [0.15, 0.2) is 6.61 Å². The van der Waals surface area contributed by atoms with Crippen LogP contribution in [0, 0.1) is 0 Å². The lowest BCUT2D eigenvalue weighted by atomic mass is 10.1. The number of fused-ring (bicyclic) bond motifs is 1. The van der Waals surface area contributed by atoms with Crippen LogP contribution in [0.15, 0.2) is 66.7 Å². The Hall–Kier alpha value is -3.01. The van der Waals surface area contributed by atoms with Crippen LogP contribution in [0.4, 0.5) is 11.4 Å². The Morgan fingerprint density at radius 1 is 0.923 bits per heavy atom. The molecule has 1 saturated heterocycles. The summed E-state index contributed by atoms with van der Waals surface area (Å²) < 4.78 is 5.74. The fourth-order valence-electron chi connectivity index (χ4n) is 3.39. The van der Waals surface area contributed by atoms with Gasteiger partial charge in [0.2, 0.25) is 0 Å². The van der Waals surface area contributed by atoms with Gasteiger partial charge < -0.3 is 15.0 Å². The highest BCUT2D eigenvalue weighted by atomic mass is 16.5. The van der Waals surface area contributed by atoms with Gasteiger partial charge in [0.25, 0.3) is 5.91 Å². The zero-order chi connectivity index (χ0) is 17.8. The minimum atomic E-state index is -0.160. The van der Waals surface area contributed by atoms with Crippen LogP contribution in [0.2, 0.25) is 0 Å². The summed E-state index contributed by atoms with van der Waals surface area (Å²) in [5, 5.41) is 5.01. The van der Waals surface area contributed by atoms with Gasteiger partial charge in [0.1, 0.15) is 5.75 Å². The maximum atomic E-state index is 12.2. The van der Waals surface area contributed by atoms with Gasteiger partial charge in [-0.2, -0.15) is 0 Å². The second-order valence-electron chi connectivity index (χ2n) is 6.56. The molecule has 4 rings (SSSR count). The third-order valence-corrected chi connectivity index (χ3v) is 4.73. The van der Waals surface area contributed by atoms with E-state index in [0.29, 0.717) is 0 Å². The maximum absolute atomic E-state index is 12.2. The van der Waals surface area contributed by atoms with E-state index in [1.54, 1.807) is 0 Å². The molecule has 0 bridgehead atoms. The van der Waals surface area contributed by atoms with E-state index in [1.807, 2.05) is 54.6 Å². The first kappa shape index (κ1) is 16.5. The van der Waals surface area contributed by atoms with Crippen molar-refractivity contribution in [1.29, 1.82) is 0 Å². The molecule has 0 unspecified atom stereocenters. The summed E-state index contributed by atoms with van der Waals surface area (Å²) in [5.74, 6) is 0.564. The van der Waals surface area contributed by atoms with Crippen molar-refractivity contribution in [3.63, 3.8) is 0 Å². The molecule has 4 heteroatoms. The number of carbonyl (C=O) groups excluding carboxylic acids is 1. The van der Waals surface area contributed by atoms with Crippen LogP contribution in [-0.2, 0) is 4.79 Å². The van der Waals surface area contributed by atoms with Crippen molar-refractivity contribution in [2.24, 2.45) is 0 Å². The Labute approximate surface area is 153 Å². The molecule has 1 heterocycles. The summed E-state index contributed by atoms with van der Waals surface area (Å²) in [6.07, 6.45) is 2.51. The van der Waals surface area contributed by atoms with Crippen molar-refractivity contribution in [2.45, 2.75) is 12.8 Å². The molecular formula is C22H22N2O2. The predicted molar refractivity (Wildman–Crippen MR) is 106 cm³/mol. The van der Waals surface area contributed by atoms with Gasteiger partial charge in [0, 0.05) is 29.9 Å². The number of amides is 1. The van der Waals surface area contributed by atoms with E-state index in [1.165, 1.54) is 18.5 Å². The molecule has 1 N–H and O–H groups in total. The summed E-state index contributed by atoms with van der Waals surface area (Å²) in [7, 11) is 0. The van der Waals surface area contributed by atoms with Crippen LogP contribution < -0.4 is 15.0 Å². The minimum absolute atomic E-state index is 0.0120. The SMILES string of the molecule is O=C(COc1cccc2ccccc12)Nc1ccc(N2CCCC2)cc1. The maximum Gasteiger partial charge on any atom is 0.262 e. The highest BCUT2D eigenvalue weighted by molar-refractivity contribution is 5.93. The summed E-state index contributed by atoms with van der Waals surface area (Å²) in [4.78, 5) is 14.6. The van der Waals surface area contributed by atoms with Gasteiger partial charge in [-0.1, -0.05) is 36.4 Å². The molecule has 3 aromatic rings. The number of hydrogen-bond donors (Lipinski definition) is 1. The second kappa shape index (κ2) is 7.48. The monoisotopic (exact) mass is 346 g/mol. The number of nitrogens with one attached hydrogen (secondary N) is 1. The van der Waals surface area contributed by atoms with Crippen LogP contribution in [-0.4, -0.2) is 25.6 Å². The van der Waals surface area contributed by atoms with Crippen molar-refractivity contribution < 1.29 is 9.53 Å². The van der Waals surface area contributed by atoms with Gasteiger partial charge >= 0.3 is 0 Å². The van der Waals surface area contributed by atoms with E-state index >= 15 is 0 Å². The van der Waals surface area contributed by atoms with Crippen molar-refractivity contribution >= 4 is 28.1 Å². The lowest BCUT2D eigenvalue weighted by molar-refractivity contribution is -0.118. The third kappa shape index (κ3) is 3.64. The zero-order valence-electron chi connectivity index (χ0n) is 14.7. The quantitative estimate of drug-likeness (QED) is 0.742. The van der Waals surface area contributed by atoms with Crippen molar-refractivity contribution in [1.82, 2.24) is 0 Å². The molecule has 1 fully saturated rings. The Kier molecular flexibility index (Phi) is 4.73. The molecule has 1 aliphatic heterocycles. The molecule has 0 saturated carbocycles. The van der Waals surface area contributed by atoms with E-state index in [9.17, 15) is 4.79 Å². The lowest BCUT2D eigenvalue weighted by Gasteiger charge is -2.17. The highest BCUT2D eigenvalue weighted by Crippen LogP contribution is 2.25. The summed E-state index contributed by atoms with van der Waals surface area (Å²) in [5.41, 5.74) is 2.01. The number of ether oxygens (including phenoxy) is 1. The first-order chi connectivity index (χ1) is 12.8. The van der Waals surface area contributed by atoms with Gasteiger partial charge in [-0.25, -0.2) is 0 Å². The largest absolute Gasteiger partial charge is 0.483 e. The average Bonchev–Trinajstić information content (AvgIpc) is 3.22.